The van der Waals surface area contributed by atoms with Gasteiger partial charge in [-0.2, -0.15) is 4.31 Å². The maximum atomic E-state index is 14.3. The molecule has 2 aliphatic carbocycles. The van der Waals surface area contributed by atoms with Crippen molar-refractivity contribution in [1.82, 2.24) is 19.4 Å². The van der Waals surface area contributed by atoms with Gasteiger partial charge in [-0.05, 0) is 100 Å². The van der Waals surface area contributed by atoms with Crippen LogP contribution in [0, 0.1) is 35.5 Å². The minimum Gasteiger partial charge on any atom is -0.383 e. The Morgan fingerprint density at radius 1 is 0.946 bits per heavy atom. The summed E-state index contributed by atoms with van der Waals surface area (Å²) in [6.45, 7) is 8.88. The van der Waals surface area contributed by atoms with E-state index in [0.29, 0.717) is 42.8 Å². The molecule has 5 fully saturated rings. The van der Waals surface area contributed by atoms with Gasteiger partial charge in [0.2, 0.25) is 10.0 Å². The van der Waals surface area contributed by atoms with Gasteiger partial charge in [0.05, 0.1) is 6.61 Å². The van der Waals surface area contributed by atoms with E-state index >= 15 is 0 Å². The molecule has 214 valence electrons. The fraction of sp³-hybridized carbons (Fsp3) is 1.00. The lowest BCUT2D eigenvalue weighted by Crippen LogP contribution is -2.71. The van der Waals surface area contributed by atoms with Crippen molar-refractivity contribution in [3.8, 4) is 0 Å². The van der Waals surface area contributed by atoms with Crippen LogP contribution >= 0.6 is 0 Å². The Morgan fingerprint density at radius 2 is 1.65 bits per heavy atom. The van der Waals surface area contributed by atoms with Crippen molar-refractivity contribution in [3.05, 3.63) is 0 Å². The summed E-state index contributed by atoms with van der Waals surface area (Å²) < 4.78 is 49.2. The SMILES string of the molecule is COC[C@@H]1[C@@H](C2CCC(C3CCC(F)C(C)C3C)CC2)C2CN(S(=O)(=O)C3NCCN3C)CCCCN21. The highest BCUT2D eigenvalue weighted by molar-refractivity contribution is 7.89. The topological polar surface area (TPSA) is 65.1 Å². The molecule has 0 radical (unpaired) electrons. The van der Waals surface area contributed by atoms with Crippen LogP contribution in [0.5, 0.6) is 0 Å². The van der Waals surface area contributed by atoms with Gasteiger partial charge in [-0.25, -0.2) is 12.8 Å². The summed E-state index contributed by atoms with van der Waals surface area (Å²) in [4.78, 5) is 4.50. The molecule has 5 aliphatic rings. The minimum absolute atomic E-state index is 0.180. The molecular formula is C28H51FN4O3S. The van der Waals surface area contributed by atoms with Crippen molar-refractivity contribution in [2.75, 3.05) is 53.5 Å². The third-order valence-electron chi connectivity index (χ3n) is 11.2. The predicted octanol–water partition coefficient (Wildman–Crippen LogP) is 3.37. The molecule has 3 aliphatic heterocycles. The second kappa shape index (κ2) is 11.7. The predicted molar refractivity (Wildman–Crippen MR) is 145 cm³/mol. The molecule has 37 heavy (non-hydrogen) atoms. The standard InChI is InChI=1S/C28H51FN4O3S/c1-19-20(2)24(29)12-11-23(19)21-7-9-22(10-8-21)27-25-17-32(37(34,35)28-30-13-16-31(28)3)14-5-6-15-33(25)26(27)18-36-4/h19-28,30H,5-18H2,1-4H3/t19?,20?,21?,22?,23?,24?,25?,26-,27+,28?/m1/s1. The summed E-state index contributed by atoms with van der Waals surface area (Å²) in [6, 6.07) is 0.678. The third-order valence-corrected chi connectivity index (χ3v) is 13.3. The van der Waals surface area contributed by atoms with Crippen LogP contribution in [-0.2, 0) is 14.8 Å². The molecule has 0 spiro atoms. The third kappa shape index (κ3) is 5.39. The quantitative estimate of drug-likeness (QED) is 0.555. The van der Waals surface area contributed by atoms with Crippen LogP contribution in [-0.4, -0.2) is 99.8 Å². The number of hydrogen-bond acceptors (Lipinski definition) is 6. The van der Waals surface area contributed by atoms with E-state index < -0.39 is 21.7 Å². The molecule has 0 amide bonds. The average molecular weight is 543 g/mol. The molecule has 0 aromatic rings. The molecule has 3 heterocycles. The van der Waals surface area contributed by atoms with Gasteiger partial charge in [-0.3, -0.25) is 15.1 Å². The molecule has 0 bridgehead atoms. The van der Waals surface area contributed by atoms with Crippen molar-refractivity contribution in [1.29, 1.82) is 0 Å². The van der Waals surface area contributed by atoms with Crippen LogP contribution in [0.1, 0.15) is 65.2 Å². The van der Waals surface area contributed by atoms with E-state index in [9.17, 15) is 12.8 Å². The average Bonchev–Trinajstić information content (AvgIpc) is 3.31. The van der Waals surface area contributed by atoms with Gasteiger partial charge in [-0.1, -0.05) is 13.8 Å². The highest BCUT2D eigenvalue weighted by Gasteiger charge is 2.54. The largest absolute Gasteiger partial charge is 0.383 e. The Bertz CT molecular complexity index is 869. The van der Waals surface area contributed by atoms with Crippen LogP contribution in [0.2, 0.25) is 0 Å². The minimum atomic E-state index is -3.44. The molecule has 6 unspecified atom stereocenters. The number of halogens is 1. The van der Waals surface area contributed by atoms with Gasteiger partial charge in [0, 0.05) is 45.4 Å². The molecule has 7 nitrogen and oxygen atoms in total. The normalized spacial score (nSPS) is 45.1. The first-order chi connectivity index (χ1) is 17.7. The van der Waals surface area contributed by atoms with E-state index in [0.717, 1.165) is 57.8 Å². The van der Waals surface area contributed by atoms with Crippen LogP contribution in [0.3, 0.4) is 0 Å². The number of rotatable bonds is 6. The number of hydrogen-bond donors (Lipinski definition) is 1. The number of alkyl halides is 1. The first kappa shape index (κ1) is 28.2. The van der Waals surface area contributed by atoms with E-state index in [2.05, 4.69) is 24.1 Å². The van der Waals surface area contributed by atoms with Crippen LogP contribution < -0.4 is 5.32 Å². The molecule has 9 heteroatoms. The lowest BCUT2D eigenvalue weighted by molar-refractivity contribution is -0.128. The van der Waals surface area contributed by atoms with Gasteiger partial charge >= 0.3 is 0 Å². The van der Waals surface area contributed by atoms with E-state index in [1.165, 1.54) is 25.7 Å². The second-order valence-electron chi connectivity index (χ2n) is 13.0. The highest BCUT2D eigenvalue weighted by atomic mass is 32.2. The molecular weight excluding hydrogens is 491 g/mol. The summed E-state index contributed by atoms with van der Waals surface area (Å²) in [5.41, 5.74) is -0.604. The zero-order valence-corrected chi connectivity index (χ0v) is 24.3. The van der Waals surface area contributed by atoms with Crippen molar-refractivity contribution >= 4 is 10.0 Å². The second-order valence-corrected chi connectivity index (χ2v) is 14.9. The number of sulfonamides is 1. The molecule has 0 aromatic carbocycles. The Morgan fingerprint density at radius 3 is 2.32 bits per heavy atom. The summed E-state index contributed by atoms with van der Waals surface area (Å²) in [5.74, 6) is 3.14. The van der Waals surface area contributed by atoms with Crippen LogP contribution in [0.25, 0.3) is 0 Å². The number of ether oxygens (including phenoxy) is 1. The fourth-order valence-electron chi connectivity index (χ4n) is 8.85. The van der Waals surface area contributed by atoms with E-state index in [1.807, 2.05) is 16.3 Å². The van der Waals surface area contributed by atoms with Gasteiger partial charge in [0.1, 0.15) is 6.17 Å². The number of nitrogens with zero attached hydrogens (tertiary/aromatic N) is 3. The summed E-state index contributed by atoms with van der Waals surface area (Å²) in [7, 11) is 0.265. The molecule has 0 aromatic heterocycles. The van der Waals surface area contributed by atoms with E-state index in [4.69, 9.17) is 4.74 Å². The number of methoxy groups -OCH3 is 1. The Labute approximate surface area is 224 Å². The zero-order chi connectivity index (χ0) is 26.3. The lowest BCUT2D eigenvalue weighted by Gasteiger charge is -2.60. The van der Waals surface area contributed by atoms with Crippen molar-refractivity contribution in [2.45, 2.75) is 89.0 Å². The fourth-order valence-corrected chi connectivity index (χ4v) is 10.8. The maximum absolute atomic E-state index is 14.3. The summed E-state index contributed by atoms with van der Waals surface area (Å²) in [6.07, 6.45) is 8.01. The summed E-state index contributed by atoms with van der Waals surface area (Å²) in [5, 5.41) is 3.21. The number of nitrogens with one attached hydrogen (secondary N) is 1. The van der Waals surface area contributed by atoms with Crippen molar-refractivity contribution < 1.29 is 17.5 Å². The molecule has 3 saturated heterocycles. The van der Waals surface area contributed by atoms with Gasteiger partial charge in [-0.15, -0.1) is 0 Å². The highest BCUT2D eigenvalue weighted by Crippen LogP contribution is 2.50. The number of fused-ring (bicyclic) bond motifs is 1. The number of likely N-dealkylation sites (N-methyl/N-ethyl adjacent to an activating group) is 1. The van der Waals surface area contributed by atoms with E-state index in [-0.39, 0.29) is 12.0 Å². The smallest absolute Gasteiger partial charge is 0.244 e. The first-order valence-corrected chi connectivity index (χ1v) is 16.6. The zero-order valence-electron chi connectivity index (χ0n) is 23.5. The van der Waals surface area contributed by atoms with E-state index in [1.54, 1.807) is 7.11 Å². The molecule has 8 atom stereocenters. The van der Waals surface area contributed by atoms with Crippen molar-refractivity contribution in [2.24, 2.45) is 35.5 Å². The summed E-state index contributed by atoms with van der Waals surface area (Å²) >= 11 is 0. The first-order valence-electron chi connectivity index (χ1n) is 15.0. The Kier molecular flexibility index (Phi) is 8.89. The molecule has 5 rings (SSSR count). The maximum Gasteiger partial charge on any atom is 0.244 e. The Balaban J connectivity index is 1.28. The van der Waals surface area contributed by atoms with Crippen LogP contribution in [0.4, 0.5) is 4.39 Å². The van der Waals surface area contributed by atoms with Gasteiger partial charge in [0.15, 0.2) is 5.50 Å². The monoisotopic (exact) mass is 542 g/mol. The van der Waals surface area contributed by atoms with Crippen molar-refractivity contribution in [3.63, 3.8) is 0 Å². The lowest BCUT2D eigenvalue weighted by atomic mass is 9.60. The molecule has 2 saturated carbocycles. The van der Waals surface area contributed by atoms with Gasteiger partial charge in [0.25, 0.3) is 0 Å². The van der Waals surface area contributed by atoms with Crippen LogP contribution in [0.15, 0.2) is 0 Å². The Hall–Kier alpha value is -0.320. The van der Waals surface area contributed by atoms with Gasteiger partial charge < -0.3 is 4.74 Å². The molecule has 1 N–H and O–H groups in total.